The second-order valence-electron chi connectivity index (χ2n) is 8.05. The molecule has 5 heteroatoms. The number of nitrogens with one attached hydrogen (secondary N) is 1. The topological polar surface area (TPSA) is 68.0 Å². The summed E-state index contributed by atoms with van der Waals surface area (Å²) in [5, 5.41) is 3.64. The Morgan fingerprint density at radius 3 is 2.73 bits per heavy atom. The van der Waals surface area contributed by atoms with Gasteiger partial charge in [-0.15, -0.1) is 0 Å². The van der Waals surface area contributed by atoms with E-state index in [9.17, 15) is 4.79 Å². The number of aromatic nitrogens is 1. The predicted octanol–water partition coefficient (Wildman–Crippen LogP) is 5.05. The maximum absolute atomic E-state index is 12.9. The molecule has 3 N–H and O–H groups in total. The maximum Gasteiger partial charge on any atom is 0.251 e. The van der Waals surface area contributed by atoms with Gasteiger partial charge in [-0.25, -0.2) is 0 Å². The van der Waals surface area contributed by atoms with Crippen molar-refractivity contribution in [2.75, 3.05) is 0 Å². The number of hydrogen-bond donors (Lipinski definition) is 2. The van der Waals surface area contributed by atoms with E-state index in [4.69, 9.17) is 17.3 Å². The molecule has 2 aromatic carbocycles. The molecule has 0 unspecified atom stereocenters. The van der Waals surface area contributed by atoms with Gasteiger partial charge >= 0.3 is 0 Å². The summed E-state index contributed by atoms with van der Waals surface area (Å²) < 4.78 is 0. The summed E-state index contributed by atoms with van der Waals surface area (Å²) in [6.07, 6.45) is 5.46. The third kappa shape index (κ3) is 4.89. The van der Waals surface area contributed by atoms with E-state index in [0.717, 1.165) is 40.3 Å². The number of carbonyl (C=O) groups excluding carboxylic acids is 1. The minimum absolute atomic E-state index is 0.123. The number of pyridine rings is 1. The molecule has 1 saturated carbocycles. The average Bonchev–Trinajstić information content (AvgIpc) is 3.56. The van der Waals surface area contributed by atoms with E-state index in [-0.39, 0.29) is 5.91 Å². The standard InChI is InChI=1S/C25H26ClN3O/c1-16-9-20(24-18(3-2-8-28-24)11-17-4-5-17)12-21(10-16)25(30)29-15-22-13-23(26)7-6-19(22)14-27/h2-3,6-10,12-13,17H,4-5,11,14-15,27H2,1H3,(H,29,30). The van der Waals surface area contributed by atoms with Crippen LogP contribution >= 0.6 is 11.6 Å². The molecule has 0 spiro atoms. The average molecular weight is 420 g/mol. The smallest absolute Gasteiger partial charge is 0.251 e. The Kier molecular flexibility index (Phi) is 6.16. The highest BCUT2D eigenvalue weighted by Crippen LogP contribution is 2.35. The second kappa shape index (κ2) is 8.99. The molecule has 4 rings (SSSR count). The molecular formula is C25H26ClN3O. The van der Waals surface area contributed by atoms with Crippen LogP contribution in [0.1, 0.15) is 45.5 Å². The zero-order chi connectivity index (χ0) is 21.1. The van der Waals surface area contributed by atoms with Gasteiger partial charge in [-0.2, -0.15) is 0 Å². The van der Waals surface area contributed by atoms with Crippen LogP contribution in [0, 0.1) is 12.8 Å². The quantitative estimate of drug-likeness (QED) is 0.563. The summed E-state index contributed by atoms with van der Waals surface area (Å²) >= 11 is 6.11. The van der Waals surface area contributed by atoms with E-state index in [1.165, 1.54) is 18.4 Å². The highest BCUT2D eigenvalue weighted by Gasteiger charge is 2.23. The molecule has 1 amide bonds. The van der Waals surface area contributed by atoms with Gasteiger partial charge in [-0.1, -0.05) is 23.7 Å². The number of nitrogens with two attached hydrogens (primary N) is 1. The van der Waals surface area contributed by atoms with Crippen LogP contribution in [0.25, 0.3) is 11.3 Å². The fourth-order valence-corrected chi connectivity index (χ4v) is 3.98. The molecule has 3 aromatic rings. The van der Waals surface area contributed by atoms with Crippen LogP contribution in [0.4, 0.5) is 0 Å². The Labute approximate surface area is 182 Å². The molecule has 1 aromatic heterocycles. The molecule has 1 heterocycles. The molecule has 0 atom stereocenters. The molecule has 30 heavy (non-hydrogen) atoms. The van der Waals surface area contributed by atoms with Crippen molar-refractivity contribution < 1.29 is 4.79 Å². The van der Waals surface area contributed by atoms with Gasteiger partial charge in [0, 0.05) is 35.4 Å². The Morgan fingerprint density at radius 1 is 1.13 bits per heavy atom. The first-order valence-electron chi connectivity index (χ1n) is 10.3. The van der Waals surface area contributed by atoms with Crippen molar-refractivity contribution >= 4 is 17.5 Å². The SMILES string of the molecule is Cc1cc(C(=O)NCc2cc(Cl)ccc2CN)cc(-c2ncccc2CC2CC2)c1. The molecule has 0 bridgehead atoms. The first-order valence-corrected chi connectivity index (χ1v) is 10.7. The zero-order valence-corrected chi connectivity index (χ0v) is 17.9. The minimum atomic E-state index is -0.123. The third-order valence-corrected chi connectivity index (χ3v) is 5.77. The van der Waals surface area contributed by atoms with Crippen LogP contribution in [0.2, 0.25) is 5.02 Å². The molecule has 1 aliphatic rings. The Balaban J connectivity index is 1.56. The van der Waals surface area contributed by atoms with E-state index < -0.39 is 0 Å². The van der Waals surface area contributed by atoms with Crippen molar-refractivity contribution in [2.24, 2.45) is 11.7 Å². The van der Waals surface area contributed by atoms with Gasteiger partial charge in [0.1, 0.15) is 0 Å². The summed E-state index contributed by atoms with van der Waals surface area (Å²) in [5.74, 6) is 0.650. The molecule has 0 aliphatic heterocycles. The third-order valence-electron chi connectivity index (χ3n) is 5.54. The van der Waals surface area contributed by atoms with Crippen molar-refractivity contribution in [1.29, 1.82) is 0 Å². The van der Waals surface area contributed by atoms with Crippen LogP contribution in [-0.2, 0) is 19.5 Å². The van der Waals surface area contributed by atoms with Gasteiger partial charge in [0.2, 0.25) is 0 Å². The molecule has 1 aliphatic carbocycles. The number of rotatable bonds is 7. The predicted molar refractivity (Wildman–Crippen MR) is 121 cm³/mol. The molecule has 154 valence electrons. The van der Waals surface area contributed by atoms with Crippen LogP contribution in [0.15, 0.2) is 54.7 Å². The van der Waals surface area contributed by atoms with Gasteiger partial charge in [-0.05, 0) is 90.8 Å². The van der Waals surface area contributed by atoms with Crippen LogP contribution in [-0.4, -0.2) is 10.9 Å². The van der Waals surface area contributed by atoms with Crippen molar-refractivity contribution in [3.8, 4) is 11.3 Å². The molecular weight excluding hydrogens is 394 g/mol. The van der Waals surface area contributed by atoms with Crippen LogP contribution in [0.5, 0.6) is 0 Å². The molecule has 4 nitrogen and oxygen atoms in total. The van der Waals surface area contributed by atoms with Gasteiger partial charge in [-0.3, -0.25) is 9.78 Å². The number of aryl methyl sites for hydroxylation is 1. The van der Waals surface area contributed by atoms with E-state index in [1.807, 2.05) is 49.5 Å². The lowest BCUT2D eigenvalue weighted by Crippen LogP contribution is -2.24. The Morgan fingerprint density at radius 2 is 1.97 bits per heavy atom. The highest BCUT2D eigenvalue weighted by molar-refractivity contribution is 6.30. The Hall–Kier alpha value is -2.69. The van der Waals surface area contributed by atoms with E-state index >= 15 is 0 Å². The van der Waals surface area contributed by atoms with Gasteiger partial charge in [0.05, 0.1) is 5.69 Å². The summed E-state index contributed by atoms with van der Waals surface area (Å²) in [6.45, 7) is 2.79. The number of halogens is 1. The largest absolute Gasteiger partial charge is 0.348 e. The first-order chi connectivity index (χ1) is 14.5. The van der Waals surface area contributed by atoms with Gasteiger partial charge in [0.25, 0.3) is 5.91 Å². The lowest BCUT2D eigenvalue weighted by molar-refractivity contribution is 0.0951. The lowest BCUT2D eigenvalue weighted by atomic mass is 9.98. The summed E-state index contributed by atoms with van der Waals surface area (Å²) in [7, 11) is 0. The summed E-state index contributed by atoms with van der Waals surface area (Å²) in [4.78, 5) is 17.6. The fourth-order valence-electron chi connectivity index (χ4n) is 3.78. The zero-order valence-electron chi connectivity index (χ0n) is 17.1. The van der Waals surface area contributed by atoms with Crippen molar-refractivity contribution in [1.82, 2.24) is 10.3 Å². The number of hydrogen-bond acceptors (Lipinski definition) is 3. The summed E-state index contributed by atoms with van der Waals surface area (Å²) in [6, 6.07) is 15.6. The van der Waals surface area contributed by atoms with Crippen LogP contribution < -0.4 is 11.1 Å². The van der Waals surface area contributed by atoms with Crippen molar-refractivity contribution in [3.63, 3.8) is 0 Å². The monoisotopic (exact) mass is 419 g/mol. The highest BCUT2D eigenvalue weighted by atomic mass is 35.5. The number of carbonyl (C=O) groups is 1. The van der Waals surface area contributed by atoms with Crippen molar-refractivity contribution in [3.05, 3.63) is 87.6 Å². The van der Waals surface area contributed by atoms with Gasteiger partial charge in [0.15, 0.2) is 0 Å². The summed E-state index contributed by atoms with van der Waals surface area (Å²) in [5.41, 5.74) is 12.6. The number of amides is 1. The van der Waals surface area contributed by atoms with E-state index in [2.05, 4.69) is 22.4 Å². The van der Waals surface area contributed by atoms with E-state index in [0.29, 0.717) is 23.7 Å². The minimum Gasteiger partial charge on any atom is -0.348 e. The molecule has 0 saturated heterocycles. The number of benzene rings is 2. The molecule has 0 radical (unpaired) electrons. The first kappa shape index (κ1) is 20.6. The van der Waals surface area contributed by atoms with E-state index in [1.54, 1.807) is 0 Å². The second-order valence-corrected chi connectivity index (χ2v) is 8.48. The fraction of sp³-hybridized carbons (Fsp3) is 0.280. The lowest BCUT2D eigenvalue weighted by Gasteiger charge is -2.13. The van der Waals surface area contributed by atoms with Crippen LogP contribution in [0.3, 0.4) is 0 Å². The van der Waals surface area contributed by atoms with Gasteiger partial charge < -0.3 is 11.1 Å². The van der Waals surface area contributed by atoms with Crippen molar-refractivity contribution in [2.45, 2.75) is 39.3 Å². The molecule has 1 fully saturated rings. The normalized spacial score (nSPS) is 13.3. The maximum atomic E-state index is 12.9. The Bertz CT molecular complexity index is 1080. The number of nitrogens with zero attached hydrogens (tertiary/aromatic N) is 1.